The second-order valence-corrected chi connectivity index (χ2v) is 5.64. The van der Waals surface area contributed by atoms with Crippen LogP contribution in [0, 0.1) is 0 Å². The molecular weight excluding hydrogens is 210 g/mol. The van der Waals surface area contributed by atoms with E-state index in [1.54, 1.807) is 0 Å². The van der Waals surface area contributed by atoms with Gasteiger partial charge in [-0.05, 0) is 50.3 Å². The minimum absolute atomic E-state index is 0.0327. The van der Waals surface area contributed by atoms with Crippen LogP contribution in [0.25, 0.3) is 0 Å². The molecule has 1 aliphatic carbocycles. The number of nitrogens with one attached hydrogen (secondary N) is 1. The quantitative estimate of drug-likeness (QED) is 0.863. The summed E-state index contributed by atoms with van der Waals surface area (Å²) >= 11 is 0. The van der Waals surface area contributed by atoms with Crippen molar-refractivity contribution in [1.29, 1.82) is 0 Å². The molecule has 3 rings (SSSR count). The van der Waals surface area contributed by atoms with Gasteiger partial charge >= 0.3 is 0 Å². The Morgan fingerprint density at radius 3 is 2.53 bits per heavy atom. The van der Waals surface area contributed by atoms with E-state index in [9.17, 15) is 0 Å². The zero-order chi connectivity index (χ0) is 11.9. The molecule has 2 nitrogen and oxygen atoms in total. The van der Waals surface area contributed by atoms with Crippen LogP contribution in [0.2, 0.25) is 0 Å². The third-order valence-electron chi connectivity index (χ3n) is 4.49. The van der Waals surface area contributed by atoms with Crippen molar-refractivity contribution in [3.8, 4) is 0 Å². The highest BCUT2D eigenvalue weighted by Crippen LogP contribution is 2.49. The van der Waals surface area contributed by atoms with Gasteiger partial charge in [0.1, 0.15) is 0 Å². The van der Waals surface area contributed by atoms with Gasteiger partial charge in [0.15, 0.2) is 0 Å². The summed E-state index contributed by atoms with van der Waals surface area (Å²) in [5.74, 6) is 0. The summed E-state index contributed by atoms with van der Waals surface area (Å²) in [6.45, 7) is 3.45. The molecule has 1 saturated carbocycles. The minimum atomic E-state index is 0.0327. The molecular formula is C15H21NO. The molecule has 2 aliphatic rings. The lowest BCUT2D eigenvalue weighted by Gasteiger charge is -2.26. The normalized spacial score (nSPS) is 30.5. The topological polar surface area (TPSA) is 21.3 Å². The van der Waals surface area contributed by atoms with Gasteiger partial charge < -0.3 is 10.1 Å². The van der Waals surface area contributed by atoms with Gasteiger partial charge in [-0.1, -0.05) is 24.3 Å². The molecule has 1 heterocycles. The maximum Gasteiger partial charge on any atom is 0.0930 e. The number of ether oxygens (including phenoxy) is 1. The van der Waals surface area contributed by atoms with Crippen molar-refractivity contribution >= 4 is 0 Å². The van der Waals surface area contributed by atoms with E-state index in [2.05, 4.69) is 36.5 Å². The highest BCUT2D eigenvalue weighted by molar-refractivity contribution is 5.35. The van der Waals surface area contributed by atoms with Gasteiger partial charge in [0.2, 0.25) is 0 Å². The lowest BCUT2D eigenvalue weighted by Crippen LogP contribution is -2.33. The van der Waals surface area contributed by atoms with Crippen LogP contribution in [-0.4, -0.2) is 13.7 Å². The SMILES string of the molecule is COC1(c2cccc(C3(C)CCCN3)c2)CC1. The zero-order valence-corrected chi connectivity index (χ0v) is 10.8. The Labute approximate surface area is 103 Å². The predicted octanol–water partition coefficient (Wildman–Crippen LogP) is 2.92. The second kappa shape index (κ2) is 3.82. The number of hydrogen-bond acceptors (Lipinski definition) is 2. The van der Waals surface area contributed by atoms with Crippen LogP contribution in [0.5, 0.6) is 0 Å². The van der Waals surface area contributed by atoms with Crippen molar-refractivity contribution in [3.05, 3.63) is 35.4 Å². The number of benzene rings is 1. The van der Waals surface area contributed by atoms with E-state index in [-0.39, 0.29) is 11.1 Å². The molecule has 1 unspecified atom stereocenters. The van der Waals surface area contributed by atoms with Crippen LogP contribution in [-0.2, 0) is 15.9 Å². The molecule has 1 N–H and O–H groups in total. The summed E-state index contributed by atoms with van der Waals surface area (Å²) in [6.07, 6.45) is 4.83. The molecule has 0 bridgehead atoms. The first-order valence-electron chi connectivity index (χ1n) is 6.60. The Balaban J connectivity index is 1.94. The smallest absolute Gasteiger partial charge is 0.0930 e. The highest BCUT2D eigenvalue weighted by atomic mass is 16.5. The fourth-order valence-electron chi connectivity index (χ4n) is 3.01. The van der Waals surface area contributed by atoms with Crippen LogP contribution in [0.4, 0.5) is 0 Å². The van der Waals surface area contributed by atoms with Crippen molar-refractivity contribution in [2.45, 2.75) is 43.7 Å². The Morgan fingerprint density at radius 1 is 1.18 bits per heavy atom. The summed E-state index contributed by atoms with van der Waals surface area (Å²) in [6, 6.07) is 8.97. The number of rotatable bonds is 3. The standard InChI is InChI=1S/C15H21NO/c1-14(7-4-10-16-14)12-5-3-6-13(11-12)15(17-2)8-9-15/h3,5-6,11,16H,4,7-10H2,1-2H3. The average molecular weight is 231 g/mol. The Morgan fingerprint density at radius 2 is 1.94 bits per heavy atom. The van der Waals surface area contributed by atoms with E-state index in [1.165, 1.54) is 24.0 Å². The Hall–Kier alpha value is -0.860. The van der Waals surface area contributed by atoms with Crippen LogP contribution in [0.1, 0.15) is 43.7 Å². The molecule has 1 saturated heterocycles. The Kier molecular flexibility index (Phi) is 2.53. The molecule has 1 aliphatic heterocycles. The van der Waals surface area contributed by atoms with E-state index in [1.807, 2.05) is 7.11 Å². The third-order valence-corrected chi connectivity index (χ3v) is 4.49. The first-order chi connectivity index (χ1) is 8.19. The Bertz CT molecular complexity index is 417. The van der Waals surface area contributed by atoms with Crippen molar-refractivity contribution < 1.29 is 4.74 Å². The van der Waals surface area contributed by atoms with E-state index >= 15 is 0 Å². The molecule has 1 atom stereocenters. The maximum atomic E-state index is 5.66. The van der Waals surface area contributed by atoms with E-state index in [4.69, 9.17) is 4.74 Å². The summed E-state index contributed by atoms with van der Waals surface area (Å²) in [5, 5.41) is 3.63. The molecule has 1 aromatic rings. The lowest BCUT2D eigenvalue weighted by atomic mass is 9.88. The molecule has 1 aromatic carbocycles. The summed E-state index contributed by atoms with van der Waals surface area (Å²) in [7, 11) is 1.83. The van der Waals surface area contributed by atoms with Gasteiger partial charge in [-0.25, -0.2) is 0 Å². The van der Waals surface area contributed by atoms with Crippen LogP contribution < -0.4 is 5.32 Å². The third kappa shape index (κ3) is 1.80. The van der Waals surface area contributed by atoms with Crippen molar-refractivity contribution in [1.82, 2.24) is 5.32 Å². The lowest BCUT2D eigenvalue weighted by molar-refractivity contribution is 0.0787. The van der Waals surface area contributed by atoms with Gasteiger partial charge in [0, 0.05) is 12.6 Å². The molecule has 2 fully saturated rings. The van der Waals surface area contributed by atoms with E-state index in [0.29, 0.717) is 0 Å². The molecule has 17 heavy (non-hydrogen) atoms. The molecule has 0 spiro atoms. The van der Waals surface area contributed by atoms with Gasteiger partial charge in [-0.2, -0.15) is 0 Å². The largest absolute Gasteiger partial charge is 0.374 e. The fourth-order valence-corrected chi connectivity index (χ4v) is 3.01. The van der Waals surface area contributed by atoms with Crippen LogP contribution in [0.15, 0.2) is 24.3 Å². The monoisotopic (exact) mass is 231 g/mol. The van der Waals surface area contributed by atoms with Gasteiger partial charge in [0.05, 0.1) is 5.60 Å². The number of hydrogen-bond donors (Lipinski definition) is 1. The van der Waals surface area contributed by atoms with Crippen molar-refractivity contribution in [2.24, 2.45) is 0 Å². The summed E-state index contributed by atoms with van der Waals surface area (Å²) in [5.41, 5.74) is 2.97. The van der Waals surface area contributed by atoms with Gasteiger partial charge in [-0.3, -0.25) is 0 Å². The molecule has 0 radical (unpaired) electrons. The maximum absolute atomic E-state index is 5.66. The van der Waals surface area contributed by atoms with E-state index < -0.39 is 0 Å². The summed E-state index contributed by atoms with van der Waals surface area (Å²) < 4.78 is 5.66. The summed E-state index contributed by atoms with van der Waals surface area (Å²) in [4.78, 5) is 0. The van der Waals surface area contributed by atoms with Gasteiger partial charge in [-0.15, -0.1) is 0 Å². The van der Waals surface area contributed by atoms with Crippen LogP contribution in [0.3, 0.4) is 0 Å². The first kappa shape index (κ1) is 11.2. The number of methoxy groups -OCH3 is 1. The molecule has 0 aromatic heterocycles. The van der Waals surface area contributed by atoms with Crippen molar-refractivity contribution in [3.63, 3.8) is 0 Å². The zero-order valence-electron chi connectivity index (χ0n) is 10.8. The predicted molar refractivity (Wildman–Crippen MR) is 69.0 cm³/mol. The molecule has 0 amide bonds. The minimum Gasteiger partial charge on any atom is -0.374 e. The van der Waals surface area contributed by atoms with Crippen molar-refractivity contribution in [2.75, 3.05) is 13.7 Å². The molecule has 92 valence electrons. The first-order valence-corrected chi connectivity index (χ1v) is 6.60. The van der Waals surface area contributed by atoms with Crippen LogP contribution >= 0.6 is 0 Å². The molecule has 2 heteroatoms. The fraction of sp³-hybridized carbons (Fsp3) is 0.600. The highest BCUT2D eigenvalue weighted by Gasteiger charge is 2.45. The van der Waals surface area contributed by atoms with Gasteiger partial charge in [0.25, 0.3) is 0 Å². The average Bonchev–Trinajstić information content (AvgIpc) is 3.06. The second-order valence-electron chi connectivity index (χ2n) is 5.64. The van der Waals surface area contributed by atoms with E-state index in [0.717, 1.165) is 19.4 Å².